The molecule has 268 valence electrons. The normalized spacial score (nSPS) is 22.2. The van der Waals surface area contributed by atoms with E-state index in [-0.39, 0.29) is 17.4 Å². The molecule has 2 heterocycles. The van der Waals surface area contributed by atoms with E-state index in [4.69, 9.17) is 0 Å². The number of dihydropyridines is 1. The molecule has 3 aliphatic carbocycles. The van der Waals surface area contributed by atoms with E-state index in [1.54, 1.807) is 0 Å². The van der Waals surface area contributed by atoms with Crippen LogP contribution >= 0.6 is 0 Å². The second kappa shape index (κ2) is 14.5. The summed E-state index contributed by atoms with van der Waals surface area (Å²) in [7, 11) is 0. The fourth-order valence-electron chi connectivity index (χ4n) is 8.98. The van der Waals surface area contributed by atoms with Gasteiger partial charge < -0.3 is 9.88 Å². The molecule has 2 atom stereocenters. The topological polar surface area (TPSA) is 40.8 Å². The van der Waals surface area contributed by atoms with Gasteiger partial charge in [-0.2, -0.15) is 5.26 Å². The number of rotatable bonds is 6. The van der Waals surface area contributed by atoms with E-state index in [2.05, 4.69) is 160 Å². The molecular weight excluding hydrogens is 655 g/mol. The quantitative estimate of drug-likeness (QED) is 0.203. The Morgan fingerprint density at radius 3 is 2.46 bits per heavy atom. The van der Waals surface area contributed by atoms with E-state index < -0.39 is 0 Å². The lowest BCUT2D eigenvalue weighted by molar-refractivity contribution is 0.458. The molecule has 0 radical (unpaired) electrons. The molecule has 1 aliphatic heterocycles. The average Bonchev–Trinajstić information content (AvgIpc) is 3.54. The van der Waals surface area contributed by atoms with Crippen molar-refractivity contribution >= 4 is 17.7 Å². The monoisotopic (exact) mass is 703 g/mol. The van der Waals surface area contributed by atoms with E-state index >= 15 is 0 Å². The number of aromatic nitrogens is 1. The van der Waals surface area contributed by atoms with Crippen molar-refractivity contribution in [2.45, 2.75) is 71.8 Å². The Labute approximate surface area is 321 Å². The summed E-state index contributed by atoms with van der Waals surface area (Å²) in [5.41, 5.74) is 18.3. The predicted molar refractivity (Wildman–Crippen MR) is 227 cm³/mol. The van der Waals surface area contributed by atoms with E-state index in [9.17, 15) is 5.26 Å². The van der Waals surface area contributed by atoms with Gasteiger partial charge in [0.25, 0.3) is 0 Å². The molecule has 3 nitrogen and oxygen atoms in total. The second-order valence-electron chi connectivity index (χ2n) is 15.7. The summed E-state index contributed by atoms with van der Waals surface area (Å²) < 4.78 is 2.60. The molecule has 0 fully saturated rings. The van der Waals surface area contributed by atoms with Gasteiger partial charge in [0, 0.05) is 45.4 Å². The van der Waals surface area contributed by atoms with Crippen LogP contribution in [0.2, 0.25) is 0 Å². The molecule has 3 aromatic carbocycles. The van der Waals surface area contributed by atoms with Crippen molar-refractivity contribution in [3.63, 3.8) is 0 Å². The van der Waals surface area contributed by atoms with Crippen molar-refractivity contribution in [1.82, 2.24) is 9.88 Å². The molecule has 54 heavy (non-hydrogen) atoms. The Hall–Kier alpha value is -5.85. The van der Waals surface area contributed by atoms with E-state index in [0.29, 0.717) is 5.56 Å². The first kappa shape index (κ1) is 35.2. The number of benzene rings is 3. The minimum atomic E-state index is -0.0346. The van der Waals surface area contributed by atoms with Gasteiger partial charge in [0.1, 0.15) is 0 Å². The first-order valence-electron chi connectivity index (χ1n) is 19.5. The van der Waals surface area contributed by atoms with Crippen LogP contribution in [0.5, 0.6) is 0 Å². The summed E-state index contributed by atoms with van der Waals surface area (Å²) in [4.78, 5) is 0. The number of allylic oxidation sites excluding steroid dienone is 12. The first-order valence-corrected chi connectivity index (χ1v) is 19.5. The zero-order valence-corrected chi connectivity index (χ0v) is 32.0. The molecule has 0 saturated carbocycles. The third-order valence-corrected chi connectivity index (χ3v) is 11.8. The number of nitriles is 1. The first-order chi connectivity index (χ1) is 26.3. The van der Waals surface area contributed by atoms with Crippen LogP contribution in [0.25, 0.3) is 34.5 Å². The van der Waals surface area contributed by atoms with Gasteiger partial charge in [-0.1, -0.05) is 130 Å². The van der Waals surface area contributed by atoms with Gasteiger partial charge in [0.05, 0.1) is 17.7 Å². The lowest BCUT2D eigenvalue weighted by Gasteiger charge is -2.31. The molecule has 3 heteroatoms. The van der Waals surface area contributed by atoms with Crippen molar-refractivity contribution in [3.05, 3.63) is 190 Å². The zero-order valence-electron chi connectivity index (χ0n) is 32.0. The highest BCUT2D eigenvalue weighted by molar-refractivity contribution is 5.88. The number of hydrogen-bond acceptors (Lipinski definition) is 2. The van der Waals surface area contributed by atoms with Gasteiger partial charge in [-0.15, -0.1) is 0 Å². The van der Waals surface area contributed by atoms with Gasteiger partial charge in [-0.25, -0.2) is 0 Å². The Morgan fingerprint density at radius 1 is 0.870 bits per heavy atom. The molecule has 1 aromatic heterocycles. The van der Waals surface area contributed by atoms with Crippen LogP contribution in [0.15, 0.2) is 150 Å². The van der Waals surface area contributed by atoms with Crippen LogP contribution in [0.1, 0.15) is 105 Å². The SMILES string of the molecule is C=C/C=C\C1=C(/C)C(C)c2c(c3c(n2-c2cc(C4=CC(c5ccccc5)NC5=C4C=CCC5)cc(-c4cccc(C#N)c4)c2)CCC=C3)/C=C\CC1(C)C. The standard InChI is InChI=1S/C51H49N3/c1-6-7-24-46-34(2)35(3)50-44(23-16-27-51(46,4)5)43-22-12-14-26-49(43)54(50)41-30-39(38-20-15-17-36(28-38)33-52)29-40(31-41)45-32-48(37-18-9-8-10-19-37)53-47-25-13-11-21-42(45)47/h6-12,15-24,28-32,35,48,53H,1,13-14,25-27H2,2-5H3/b23-16-,24-7-,46-34-. The molecule has 0 saturated heterocycles. The van der Waals surface area contributed by atoms with Gasteiger partial charge in [-0.3, -0.25) is 0 Å². The minimum absolute atomic E-state index is 0.0346. The number of nitrogens with zero attached hydrogens (tertiary/aromatic N) is 2. The highest BCUT2D eigenvalue weighted by Gasteiger charge is 2.32. The van der Waals surface area contributed by atoms with E-state index in [1.165, 1.54) is 61.6 Å². The Morgan fingerprint density at radius 2 is 1.65 bits per heavy atom. The molecule has 1 N–H and O–H groups in total. The molecular formula is C51H49N3. The lowest BCUT2D eigenvalue weighted by atomic mass is 9.76. The van der Waals surface area contributed by atoms with Crippen LogP contribution in [-0.4, -0.2) is 4.57 Å². The number of nitrogens with one attached hydrogen (secondary N) is 1. The van der Waals surface area contributed by atoms with Crippen molar-refractivity contribution in [1.29, 1.82) is 5.26 Å². The Balaban J connectivity index is 1.42. The van der Waals surface area contributed by atoms with Crippen molar-refractivity contribution in [2.75, 3.05) is 0 Å². The fourth-order valence-corrected chi connectivity index (χ4v) is 8.98. The van der Waals surface area contributed by atoms with Crippen LogP contribution < -0.4 is 5.32 Å². The summed E-state index contributed by atoms with van der Waals surface area (Å²) in [6.45, 7) is 13.4. The largest absolute Gasteiger partial charge is 0.377 e. The number of hydrogen-bond donors (Lipinski definition) is 1. The van der Waals surface area contributed by atoms with E-state index in [0.717, 1.165) is 48.9 Å². The summed E-state index contributed by atoms with van der Waals surface area (Å²) >= 11 is 0. The molecule has 0 bridgehead atoms. The molecule has 2 unspecified atom stereocenters. The van der Waals surface area contributed by atoms with Gasteiger partial charge in [0.15, 0.2) is 0 Å². The Bertz CT molecular complexity index is 2410. The van der Waals surface area contributed by atoms with Crippen LogP contribution in [0.3, 0.4) is 0 Å². The van der Waals surface area contributed by atoms with E-state index in [1.807, 2.05) is 24.3 Å². The second-order valence-corrected chi connectivity index (χ2v) is 15.7. The van der Waals surface area contributed by atoms with Crippen LogP contribution in [0, 0.1) is 16.7 Å². The van der Waals surface area contributed by atoms with Crippen molar-refractivity contribution in [2.24, 2.45) is 5.41 Å². The third kappa shape index (κ3) is 6.41. The predicted octanol–water partition coefficient (Wildman–Crippen LogP) is 12.9. The summed E-state index contributed by atoms with van der Waals surface area (Å²) in [6, 6.07) is 28.4. The molecule has 8 rings (SSSR count). The minimum Gasteiger partial charge on any atom is -0.377 e. The smallest absolute Gasteiger partial charge is 0.0991 e. The Kier molecular flexibility index (Phi) is 9.47. The molecule has 0 spiro atoms. The fraction of sp³-hybridized carbons (Fsp3) is 0.235. The third-order valence-electron chi connectivity index (χ3n) is 11.8. The maximum Gasteiger partial charge on any atom is 0.0991 e. The van der Waals surface area contributed by atoms with Crippen LogP contribution in [0.4, 0.5) is 0 Å². The molecule has 4 aromatic rings. The lowest BCUT2D eigenvalue weighted by Crippen LogP contribution is -2.25. The summed E-state index contributed by atoms with van der Waals surface area (Å²) in [5, 5.41) is 13.8. The maximum atomic E-state index is 9.93. The summed E-state index contributed by atoms with van der Waals surface area (Å²) in [6.07, 6.45) is 27.7. The zero-order chi connectivity index (χ0) is 37.4. The van der Waals surface area contributed by atoms with Crippen molar-refractivity contribution in [3.8, 4) is 22.9 Å². The van der Waals surface area contributed by atoms with Crippen molar-refractivity contribution < 1.29 is 0 Å². The van der Waals surface area contributed by atoms with Gasteiger partial charge in [0.2, 0.25) is 0 Å². The van der Waals surface area contributed by atoms with Gasteiger partial charge in [-0.05, 0) is 114 Å². The molecule has 4 aliphatic rings. The van der Waals surface area contributed by atoms with Gasteiger partial charge >= 0.3 is 0 Å². The van der Waals surface area contributed by atoms with Crippen LogP contribution in [-0.2, 0) is 6.42 Å². The average molecular weight is 704 g/mol. The number of fused-ring (bicyclic) bond motifs is 3. The maximum absolute atomic E-state index is 9.93. The highest BCUT2D eigenvalue weighted by Crippen LogP contribution is 2.46. The molecule has 0 amide bonds. The highest BCUT2D eigenvalue weighted by atomic mass is 15.0. The summed E-state index contributed by atoms with van der Waals surface area (Å²) in [5.74, 6) is 0.149.